The lowest BCUT2D eigenvalue weighted by atomic mass is 10.1. The maximum Gasteiger partial charge on any atom is 0.234 e. The quantitative estimate of drug-likeness (QED) is 0.862. The molecule has 4 nitrogen and oxygen atoms in total. The van der Waals surface area contributed by atoms with Crippen molar-refractivity contribution in [1.82, 2.24) is 15.6 Å². The normalized spacial score (nSPS) is 13.2. The van der Waals surface area contributed by atoms with Crippen molar-refractivity contribution in [3.63, 3.8) is 0 Å². The van der Waals surface area contributed by atoms with Gasteiger partial charge in [0.05, 0.1) is 18.1 Å². The number of carbonyl (C=O) groups is 1. The Morgan fingerprint density at radius 3 is 2.80 bits per heavy atom. The van der Waals surface area contributed by atoms with Crippen molar-refractivity contribution in [2.24, 2.45) is 0 Å². The molecule has 2 N–H and O–H groups in total. The van der Waals surface area contributed by atoms with Gasteiger partial charge in [-0.05, 0) is 32.2 Å². The van der Waals surface area contributed by atoms with Crippen molar-refractivity contribution < 1.29 is 4.79 Å². The highest BCUT2D eigenvalue weighted by Crippen LogP contribution is 2.21. The van der Waals surface area contributed by atoms with Gasteiger partial charge in [-0.15, -0.1) is 22.7 Å². The Balaban J connectivity index is 1.83. The number of thiophene rings is 1. The lowest BCUT2D eigenvalue weighted by Gasteiger charge is -2.24. The van der Waals surface area contributed by atoms with Crippen LogP contribution in [0.5, 0.6) is 0 Å². The van der Waals surface area contributed by atoms with E-state index >= 15 is 0 Å². The summed E-state index contributed by atoms with van der Waals surface area (Å²) < 4.78 is 0. The minimum absolute atomic E-state index is 0.00414. The fourth-order valence-electron chi connectivity index (χ4n) is 1.81. The Kier molecular flexibility index (Phi) is 4.91. The summed E-state index contributed by atoms with van der Waals surface area (Å²) in [6.07, 6.45) is 1.78. The highest BCUT2D eigenvalue weighted by Gasteiger charge is 2.23. The van der Waals surface area contributed by atoms with Crippen LogP contribution in [0.15, 0.2) is 29.1 Å². The van der Waals surface area contributed by atoms with E-state index in [-0.39, 0.29) is 24.0 Å². The first-order chi connectivity index (χ1) is 9.49. The molecule has 0 saturated heterocycles. The highest BCUT2D eigenvalue weighted by atomic mass is 32.1. The number of carbonyl (C=O) groups excluding carboxylic acids is 1. The molecule has 2 heterocycles. The molecule has 1 atom stereocenters. The van der Waals surface area contributed by atoms with Crippen molar-refractivity contribution >= 4 is 28.6 Å². The van der Waals surface area contributed by atoms with Crippen molar-refractivity contribution in [3.8, 4) is 0 Å². The molecule has 108 valence electrons. The molecular formula is C14H19N3OS2. The topological polar surface area (TPSA) is 54.0 Å². The van der Waals surface area contributed by atoms with Gasteiger partial charge in [-0.1, -0.05) is 6.07 Å². The van der Waals surface area contributed by atoms with Crippen molar-refractivity contribution in [2.45, 2.75) is 32.4 Å². The second kappa shape index (κ2) is 6.47. The van der Waals surface area contributed by atoms with E-state index in [0.29, 0.717) is 0 Å². The first kappa shape index (κ1) is 15.2. The first-order valence-electron chi connectivity index (χ1n) is 6.47. The van der Waals surface area contributed by atoms with E-state index in [2.05, 4.69) is 15.6 Å². The number of aromatic nitrogens is 1. The van der Waals surface area contributed by atoms with Gasteiger partial charge in [0.2, 0.25) is 5.91 Å². The molecule has 0 aliphatic rings. The van der Waals surface area contributed by atoms with Gasteiger partial charge in [-0.25, -0.2) is 4.98 Å². The summed E-state index contributed by atoms with van der Waals surface area (Å²) in [6.45, 7) is 6.33. The maximum absolute atomic E-state index is 12.0. The van der Waals surface area contributed by atoms with Gasteiger partial charge in [-0.3, -0.25) is 10.1 Å². The summed E-state index contributed by atoms with van der Waals surface area (Å²) in [7, 11) is 0. The van der Waals surface area contributed by atoms with Crippen LogP contribution in [0.3, 0.4) is 0 Å². The van der Waals surface area contributed by atoms with Crippen LogP contribution in [0, 0.1) is 0 Å². The molecule has 0 fully saturated rings. The molecule has 0 spiro atoms. The molecule has 0 aliphatic carbocycles. The van der Waals surface area contributed by atoms with E-state index in [1.807, 2.05) is 43.7 Å². The Hall–Kier alpha value is -1.24. The number of nitrogens with one attached hydrogen (secondary N) is 2. The molecule has 0 aromatic carbocycles. The zero-order valence-electron chi connectivity index (χ0n) is 11.8. The zero-order valence-corrected chi connectivity index (χ0v) is 13.5. The lowest BCUT2D eigenvalue weighted by Crippen LogP contribution is -2.43. The standard InChI is InChI=1S/C14H19N3OS2/c1-10(11-5-4-7-19-11)17-12(18)9-16-14(2,3)13-15-6-8-20-13/h4-8,10,16H,9H2,1-3H3,(H,17,18). The summed E-state index contributed by atoms with van der Waals surface area (Å²) in [4.78, 5) is 17.4. The summed E-state index contributed by atoms with van der Waals surface area (Å²) in [5.41, 5.74) is -0.294. The van der Waals surface area contributed by atoms with Crippen LogP contribution in [-0.2, 0) is 10.3 Å². The number of nitrogens with zero attached hydrogens (tertiary/aromatic N) is 1. The van der Waals surface area contributed by atoms with E-state index < -0.39 is 0 Å². The molecule has 0 saturated carbocycles. The average Bonchev–Trinajstić information content (AvgIpc) is 3.08. The molecular weight excluding hydrogens is 290 g/mol. The fraction of sp³-hybridized carbons (Fsp3) is 0.429. The van der Waals surface area contributed by atoms with Crippen LogP contribution in [0.25, 0.3) is 0 Å². The molecule has 1 unspecified atom stereocenters. The van der Waals surface area contributed by atoms with Crippen LogP contribution in [0.2, 0.25) is 0 Å². The van der Waals surface area contributed by atoms with Crippen LogP contribution >= 0.6 is 22.7 Å². The molecule has 0 aliphatic heterocycles. The minimum atomic E-state index is -0.294. The predicted molar refractivity (Wildman–Crippen MR) is 84.0 cm³/mol. The largest absolute Gasteiger partial charge is 0.348 e. The van der Waals surface area contributed by atoms with Gasteiger partial charge in [0.25, 0.3) is 0 Å². The fourth-order valence-corrected chi connectivity index (χ4v) is 3.28. The molecule has 1 amide bonds. The van der Waals surface area contributed by atoms with E-state index in [1.165, 1.54) is 0 Å². The molecule has 6 heteroatoms. The maximum atomic E-state index is 12.0. The predicted octanol–water partition coefficient (Wildman–Crippen LogP) is 2.91. The van der Waals surface area contributed by atoms with Crippen LogP contribution in [0.1, 0.15) is 36.7 Å². The van der Waals surface area contributed by atoms with Gasteiger partial charge in [0, 0.05) is 16.5 Å². The van der Waals surface area contributed by atoms with Gasteiger partial charge in [0.1, 0.15) is 5.01 Å². The number of thiazole rings is 1. The van der Waals surface area contributed by atoms with Crippen LogP contribution < -0.4 is 10.6 Å². The summed E-state index contributed by atoms with van der Waals surface area (Å²) in [5.74, 6) is -0.00414. The molecule has 0 radical (unpaired) electrons. The lowest BCUT2D eigenvalue weighted by molar-refractivity contribution is -0.121. The number of rotatable bonds is 6. The Bertz CT molecular complexity index is 535. The SMILES string of the molecule is CC(NC(=O)CNC(C)(C)c1nccs1)c1cccs1. The number of hydrogen-bond acceptors (Lipinski definition) is 5. The molecule has 2 aromatic heterocycles. The van der Waals surface area contributed by atoms with Crippen molar-refractivity contribution in [1.29, 1.82) is 0 Å². The smallest absolute Gasteiger partial charge is 0.234 e. The number of amides is 1. The van der Waals surface area contributed by atoms with Crippen molar-refractivity contribution in [3.05, 3.63) is 39.0 Å². The Morgan fingerprint density at radius 2 is 2.20 bits per heavy atom. The molecule has 0 bridgehead atoms. The third-order valence-electron chi connectivity index (χ3n) is 3.01. The summed E-state index contributed by atoms with van der Waals surface area (Å²) >= 11 is 3.24. The van der Waals surface area contributed by atoms with Gasteiger partial charge < -0.3 is 5.32 Å². The molecule has 2 rings (SSSR count). The van der Waals surface area contributed by atoms with E-state index in [0.717, 1.165) is 9.88 Å². The Morgan fingerprint density at radius 1 is 1.40 bits per heavy atom. The second-order valence-electron chi connectivity index (χ2n) is 5.12. The number of hydrogen-bond donors (Lipinski definition) is 2. The molecule has 20 heavy (non-hydrogen) atoms. The molecule has 2 aromatic rings. The van der Waals surface area contributed by atoms with Crippen molar-refractivity contribution in [2.75, 3.05) is 6.54 Å². The van der Waals surface area contributed by atoms with Crippen LogP contribution in [0.4, 0.5) is 0 Å². The van der Waals surface area contributed by atoms with Gasteiger partial charge in [-0.2, -0.15) is 0 Å². The van der Waals surface area contributed by atoms with E-state index in [4.69, 9.17) is 0 Å². The van der Waals surface area contributed by atoms with E-state index in [1.54, 1.807) is 28.9 Å². The monoisotopic (exact) mass is 309 g/mol. The van der Waals surface area contributed by atoms with Crippen LogP contribution in [-0.4, -0.2) is 17.4 Å². The zero-order chi connectivity index (χ0) is 14.6. The van der Waals surface area contributed by atoms with Gasteiger partial charge in [0.15, 0.2) is 0 Å². The summed E-state index contributed by atoms with van der Waals surface area (Å²) in [6, 6.07) is 4.07. The first-order valence-corrected chi connectivity index (χ1v) is 8.23. The second-order valence-corrected chi connectivity index (χ2v) is 6.99. The Labute approximate surface area is 127 Å². The minimum Gasteiger partial charge on any atom is -0.348 e. The third-order valence-corrected chi connectivity index (χ3v) is 5.16. The van der Waals surface area contributed by atoms with Gasteiger partial charge >= 0.3 is 0 Å². The average molecular weight is 309 g/mol. The van der Waals surface area contributed by atoms with E-state index in [9.17, 15) is 4.79 Å². The highest BCUT2D eigenvalue weighted by molar-refractivity contribution is 7.10. The third kappa shape index (κ3) is 3.88. The summed E-state index contributed by atoms with van der Waals surface area (Å²) in [5, 5.41) is 11.2.